The number of anilines is 1. The van der Waals surface area contributed by atoms with Crippen LogP contribution in [0, 0.1) is 11.3 Å². The second-order valence-electron chi connectivity index (χ2n) is 5.76. The average Bonchev–Trinajstić information content (AvgIpc) is 3.16. The highest BCUT2D eigenvalue weighted by Gasteiger charge is 2.23. The monoisotopic (exact) mass is 374 g/mol. The lowest BCUT2D eigenvalue weighted by molar-refractivity contribution is -0.123. The van der Waals surface area contributed by atoms with E-state index in [9.17, 15) is 9.59 Å². The fourth-order valence-corrected chi connectivity index (χ4v) is 3.99. The molecule has 25 heavy (non-hydrogen) atoms. The standard InChI is InChI=1S/C18H15ClN2O3S/c1-10(17(22)21-13-6-5-12(9-20)14(19)8-13)24-18(23)16-7-11-3-2-4-15(11)25-16/h5-8,10H,2-4H2,1H3,(H,21,22)/t10-/m1/s1. The Balaban J connectivity index is 1.61. The lowest BCUT2D eigenvalue weighted by Gasteiger charge is -2.13. The van der Waals surface area contributed by atoms with Gasteiger partial charge in [-0.25, -0.2) is 4.79 Å². The van der Waals surface area contributed by atoms with Crippen molar-refractivity contribution in [1.82, 2.24) is 0 Å². The highest BCUT2D eigenvalue weighted by Crippen LogP contribution is 2.31. The van der Waals surface area contributed by atoms with Crippen LogP contribution in [0.5, 0.6) is 0 Å². The van der Waals surface area contributed by atoms with Gasteiger partial charge in [-0.1, -0.05) is 11.6 Å². The van der Waals surface area contributed by atoms with Crippen molar-refractivity contribution in [2.45, 2.75) is 32.3 Å². The molecule has 0 aliphatic heterocycles. The smallest absolute Gasteiger partial charge is 0.349 e. The van der Waals surface area contributed by atoms with E-state index in [1.165, 1.54) is 40.8 Å². The summed E-state index contributed by atoms with van der Waals surface area (Å²) in [5.41, 5.74) is 1.97. The van der Waals surface area contributed by atoms with Crippen LogP contribution in [0.2, 0.25) is 5.02 Å². The second-order valence-corrected chi connectivity index (χ2v) is 7.30. The van der Waals surface area contributed by atoms with Crippen molar-refractivity contribution < 1.29 is 14.3 Å². The van der Waals surface area contributed by atoms with Crippen LogP contribution in [0.4, 0.5) is 5.69 Å². The van der Waals surface area contributed by atoms with E-state index in [1.54, 1.807) is 6.07 Å². The number of fused-ring (bicyclic) bond motifs is 1. The number of thiophene rings is 1. The summed E-state index contributed by atoms with van der Waals surface area (Å²) in [6, 6.07) is 8.38. The molecular formula is C18H15ClN2O3S. The number of aryl methyl sites for hydroxylation is 2. The minimum Gasteiger partial charge on any atom is -0.448 e. The van der Waals surface area contributed by atoms with Gasteiger partial charge in [-0.3, -0.25) is 4.79 Å². The maximum Gasteiger partial charge on any atom is 0.349 e. The molecule has 0 saturated carbocycles. The summed E-state index contributed by atoms with van der Waals surface area (Å²) in [5.74, 6) is -0.946. The van der Waals surface area contributed by atoms with E-state index in [0.717, 1.165) is 19.3 Å². The summed E-state index contributed by atoms with van der Waals surface area (Å²) in [7, 11) is 0. The molecule has 7 heteroatoms. The average molecular weight is 375 g/mol. The third-order valence-corrected chi connectivity index (χ3v) is 5.49. The zero-order valence-corrected chi connectivity index (χ0v) is 15.0. The summed E-state index contributed by atoms with van der Waals surface area (Å²) >= 11 is 7.38. The first-order valence-corrected chi connectivity index (χ1v) is 9.00. The molecule has 3 rings (SSSR count). The molecule has 1 amide bonds. The van der Waals surface area contributed by atoms with Gasteiger partial charge in [-0.2, -0.15) is 5.26 Å². The van der Waals surface area contributed by atoms with Crippen molar-refractivity contribution in [2.24, 2.45) is 0 Å². The highest BCUT2D eigenvalue weighted by molar-refractivity contribution is 7.14. The molecular weight excluding hydrogens is 360 g/mol. The summed E-state index contributed by atoms with van der Waals surface area (Å²) in [6.45, 7) is 1.51. The van der Waals surface area contributed by atoms with E-state index in [2.05, 4.69) is 5.32 Å². The van der Waals surface area contributed by atoms with E-state index in [1.807, 2.05) is 12.1 Å². The van der Waals surface area contributed by atoms with Crippen molar-refractivity contribution in [3.63, 3.8) is 0 Å². The number of rotatable bonds is 4. The molecule has 5 nitrogen and oxygen atoms in total. The zero-order chi connectivity index (χ0) is 18.0. The van der Waals surface area contributed by atoms with Gasteiger partial charge in [0.05, 0.1) is 10.6 Å². The summed E-state index contributed by atoms with van der Waals surface area (Å²) in [4.78, 5) is 26.2. The predicted molar refractivity (Wildman–Crippen MR) is 96.0 cm³/mol. The number of esters is 1. The molecule has 0 spiro atoms. The molecule has 0 unspecified atom stereocenters. The number of nitrogens with zero attached hydrogens (tertiary/aromatic N) is 1. The van der Waals surface area contributed by atoms with Crippen LogP contribution in [-0.2, 0) is 22.4 Å². The molecule has 1 aliphatic carbocycles. The molecule has 1 atom stereocenters. The first-order valence-electron chi connectivity index (χ1n) is 7.81. The maximum atomic E-state index is 12.2. The first kappa shape index (κ1) is 17.5. The van der Waals surface area contributed by atoms with Crippen LogP contribution >= 0.6 is 22.9 Å². The number of ether oxygens (including phenoxy) is 1. The molecule has 0 saturated heterocycles. The van der Waals surface area contributed by atoms with Crippen LogP contribution in [0.25, 0.3) is 0 Å². The number of nitriles is 1. The van der Waals surface area contributed by atoms with Gasteiger partial charge in [0.25, 0.3) is 5.91 Å². The van der Waals surface area contributed by atoms with Gasteiger partial charge < -0.3 is 10.1 Å². The van der Waals surface area contributed by atoms with Gasteiger partial charge in [0.15, 0.2) is 6.10 Å². The number of benzene rings is 1. The Hall–Kier alpha value is -2.36. The number of amides is 1. The van der Waals surface area contributed by atoms with Gasteiger partial charge in [-0.05, 0) is 56.0 Å². The van der Waals surface area contributed by atoms with Crippen molar-refractivity contribution >= 4 is 40.5 Å². The van der Waals surface area contributed by atoms with Crippen molar-refractivity contribution in [1.29, 1.82) is 5.26 Å². The van der Waals surface area contributed by atoms with Gasteiger partial charge in [0.2, 0.25) is 0 Å². The van der Waals surface area contributed by atoms with E-state index >= 15 is 0 Å². The van der Waals surface area contributed by atoms with E-state index < -0.39 is 18.0 Å². The van der Waals surface area contributed by atoms with Gasteiger partial charge in [0.1, 0.15) is 10.9 Å². The van der Waals surface area contributed by atoms with Crippen molar-refractivity contribution in [3.05, 3.63) is 50.2 Å². The molecule has 1 N–H and O–H groups in total. The Morgan fingerprint density at radius 2 is 2.16 bits per heavy atom. The molecule has 1 aliphatic rings. The molecule has 1 aromatic carbocycles. The molecule has 1 heterocycles. The number of nitrogens with one attached hydrogen (secondary N) is 1. The SMILES string of the molecule is C[C@@H](OC(=O)c1cc2c(s1)CCC2)C(=O)Nc1ccc(C#N)c(Cl)c1. The van der Waals surface area contributed by atoms with Crippen molar-refractivity contribution in [2.75, 3.05) is 5.32 Å². The topological polar surface area (TPSA) is 79.2 Å². The van der Waals surface area contributed by atoms with Crippen LogP contribution < -0.4 is 5.32 Å². The number of hydrogen-bond acceptors (Lipinski definition) is 5. The molecule has 1 aromatic heterocycles. The minimum absolute atomic E-state index is 0.248. The lowest BCUT2D eigenvalue weighted by atomic mass is 10.2. The zero-order valence-electron chi connectivity index (χ0n) is 13.5. The maximum absolute atomic E-state index is 12.2. The number of hydrogen-bond donors (Lipinski definition) is 1. The fourth-order valence-electron chi connectivity index (χ4n) is 2.63. The quantitative estimate of drug-likeness (QED) is 0.822. The second kappa shape index (κ2) is 7.26. The van der Waals surface area contributed by atoms with Crippen molar-refractivity contribution in [3.8, 4) is 6.07 Å². The molecule has 0 bridgehead atoms. The Labute approximate surface area is 154 Å². The Bertz CT molecular complexity index is 863. The number of halogens is 1. The summed E-state index contributed by atoms with van der Waals surface area (Å²) in [5, 5.41) is 11.7. The van der Waals surface area contributed by atoms with Crippen LogP contribution in [0.3, 0.4) is 0 Å². The van der Waals surface area contributed by atoms with Gasteiger partial charge in [-0.15, -0.1) is 11.3 Å². The molecule has 128 valence electrons. The normalized spacial score (nSPS) is 13.6. The number of carbonyl (C=O) groups is 2. The Morgan fingerprint density at radius 1 is 1.36 bits per heavy atom. The van der Waals surface area contributed by atoms with Crippen LogP contribution in [0.1, 0.15) is 39.0 Å². The Kier molecular flexibility index (Phi) is 5.07. The summed E-state index contributed by atoms with van der Waals surface area (Å²) in [6.07, 6.45) is 2.18. The summed E-state index contributed by atoms with van der Waals surface area (Å²) < 4.78 is 5.26. The Morgan fingerprint density at radius 3 is 2.84 bits per heavy atom. The largest absolute Gasteiger partial charge is 0.448 e. The van der Waals surface area contributed by atoms with Crippen LogP contribution in [-0.4, -0.2) is 18.0 Å². The van der Waals surface area contributed by atoms with Gasteiger partial charge >= 0.3 is 5.97 Å². The van der Waals surface area contributed by atoms with Crippen LogP contribution in [0.15, 0.2) is 24.3 Å². The highest BCUT2D eigenvalue weighted by atomic mass is 35.5. The third-order valence-electron chi connectivity index (χ3n) is 3.96. The first-order chi connectivity index (χ1) is 12.0. The number of carbonyl (C=O) groups excluding carboxylic acids is 2. The molecule has 0 fully saturated rings. The lowest BCUT2D eigenvalue weighted by Crippen LogP contribution is -2.29. The molecule has 0 radical (unpaired) electrons. The minimum atomic E-state index is -0.946. The van der Waals surface area contributed by atoms with Gasteiger partial charge in [0, 0.05) is 10.6 Å². The van der Waals surface area contributed by atoms with E-state index in [4.69, 9.17) is 21.6 Å². The fraction of sp³-hybridized carbons (Fsp3) is 0.278. The van der Waals surface area contributed by atoms with E-state index in [-0.39, 0.29) is 5.02 Å². The third kappa shape index (κ3) is 3.84. The molecule has 2 aromatic rings. The van der Waals surface area contributed by atoms with E-state index in [0.29, 0.717) is 16.1 Å². The predicted octanol–water partition coefficient (Wildman–Crippen LogP) is 3.95.